The van der Waals surface area contributed by atoms with Crippen LogP contribution in [0.3, 0.4) is 0 Å². The molecule has 6 nitrogen and oxygen atoms in total. The van der Waals surface area contributed by atoms with Gasteiger partial charge in [-0.3, -0.25) is 15.0 Å². The summed E-state index contributed by atoms with van der Waals surface area (Å²) in [6.45, 7) is 1.71. The lowest BCUT2D eigenvalue weighted by atomic mass is 9.98. The van der Waals surface area contributed by atoms with Gasteiger partial charge in [0.2, 0.25) is 5.91 Å². The zero-order chi connectivity index (χ0) is 14.7. The van der Waals surface area contributed by atoms with E-state index in [1.807, 2.05) is 0 Å². The zero-order valence-electron chi connectivity index (χ0n) is 11.5. The standard InChI is InChI=1S/C14H18N2O4/c1-9-12(7-8-17)13(18)15-16(9)14(19)10-3-5-11(20-2)6-4-10/h3-6,9,12,17H,7-8H2,1-2H3,(H,15,18). The molecule has 2 rings (SSSR count). The fourth-order valence-corrected chi connectivity index (χ4v) is 2.32. The molecule has 0 aromatic heterocycles. The maximum absolute atomic E-state index is 12.4. The Morgan fingerprint density at radius 1 is 1.40 bits per heavy atom. The summed E-state index contributed by atoms with van der Waals surface area (Å²) in [6, 6.07) is 6.41. The van der Waals surface area contributed by atoms with Crippen molar-refractivity contribution >= 4 is 11.8 Å². The summed E-state index contributed by atoms with van der Waals surface area (Å²) in [6.07, 6.45) is 0.347. The second-order valence-corrected chi connectivity index (χ2v) is 4.74. The summed E-state index contributed by atoms with van der Waals surface area (Å²) in [7, 11) is 1.55. The van der Waals surface area contributed by atoms with Gasteiger partial charge in [-0.15, -0.1) is 0 Å². The predicted molar refractivity (Wildman–Crippen MR) is 72.0 cm³/mol. The maximum Gasteiger partial charge on any atom is 0.272 e. The highest BCUT2D eigenvalue weighted by atomic mass is 16.5. The van der Waals surface area contributed by atoms with Crippen LogP contribution in [0.15, 0.2) is 24.3 Å². The third kappa shape index (κ3) is 2.60. The molecule has 0 aliphatic carbocycles. The topological polar surface area (TPSA) is 78.9 Å². The average Bonchev–Trinajstić information content (AvgIpc) is 2.75. The molecule has 0 bridgehead atoms. The number of amides is 2. The first-order valence-corrected chi connectivity index (χ1v) is 6.47. The molecule has 1 aliphatic rings. The number of hydrogen-bond donors (Lipinski definition) is 2. The molecule has 2 N–H and O–H groups in total. The summed E-state index contributed by atoms with van der Waals surface area (Å²) in [5.74, 6) is -0.206. The molecular formula is C14H18N2O4. The molecule has 1 aromatic rings. The van der Waals surface area contributed by atoms with Gasteiger partial charge in [-0.1, -0.05) is 0 Å². The van der Waals surface area contributed by atoms with E-state index in [2.05, 4.69) is 5.43 Å². The second kappa shape index (κ2) is 5.92. The Balaban J connectivity index is 2.14. The van der Waals surface area contributed by atoms with Crippen LogP contribution >= 0.6 is 0 Å². The Labute approximate surface area is 117 Å². The van der Waals surface area contributed by atoms with E-state index in [4.69, 9.17) is 9.84 Å². The van der Waals surface area contributed by atoms with Crippen molar-refractivity contribution in [3.8, 4) is 5.75 Å². The van der Waals surface area contributed by atoms with Gasteiger partial charge >= 0.3 is 0 Å². The van der Waals surface area contributed by atoms with E-state index >= 15 is 0 Å². The summed E-state index contributed by atoms with van der Waals surface area (Å²) >= 11 is 0. The highest BCUT2D eigenvalue weighted by Crippen LogP contribution is 2.23. The number of hydrogen-bond acceptors (Lipinski definition) is 4. The minimum atomic E-state index is -0.373. The van der Waals surface area contributed by atoms with Crippen LogP contribution in [-0.4, -0.2) is 41.7 Å². The lowest BCUT2D eigenvalue weighted by molar-refractivity contribution is -0.123. The van der Waals surface area contributed by atoms with Gasteiger partial charge in [-0.05, 0) is 37.6 Å². The van der Waals surface area contributed by atoms with Gasteiger partial charge in [-0.2, -0.15) is 0 Å². The van der Waals surface area contributed by atoms with E-state index in [0.29, 0.717) is 17.7 Å². The molecule has 1 aliphatic heterocycles. The van der Waals surface area contributed by atoms with E-state index in [-0.39, 0.29) is 30.4 Å². The van der Waals surface area contributed by atoms with Crippen molar-refractivity contribution in [3.63, 3.8) is 0 Å². The zero-order valence-corrected chi connectivity index (χ0v) is 11.5. The van der Waals surface area contributed by atoms with Crippen molar-refractivity contribution in [2.45, 2.75) is 19.4 Å². The number of carbonyl (C=O) groups excluding carboxylic acids is 2. The fourth-order valence-electron chi connectivity index (χ4n) is 2.32. The number of aliphatic hydroxyl groups excluding tert-OH is 1. The molecule has 6 heteroatoms. The summed E-state index contributed by atoms with van der Waals surface area (Å²) in [4.78, 5) is 24.1. The molecule has 0 radical (unpaired) electrons. The SMILES string of the molecule is COc1ccc(C(=O)N2NC(=O)C(CCO)C2C)cc1. The molecule has 1 saturated heterocycles. The van der Waals surface area contributed by atoms with Gasteiger partial charge in [0, 0.05) is 12.2 Å². The minimum Gasteiger partial charge on any atom is -0.497 e. The third-order valence-corrected chi connectivity index (χ3v) is 3.55. The Hall–Kier alpha value is -2.08. The van der Waals surface area contributed by atoms with Crippen LogP contribution in [0, 0.1) is 5.92 Å². The number of hydrazine groups is 1. The van der Waals surface area contributed by atoms with Crippen LogP contribution in [0.1, 0.15) is 23.7 Å². The molecule has 1 aromatic carbocycles. The van der Waals surface area contributed by atoms with Gasteiger partial charge in [-0.25, -0.2) is 5.01 Å². The molecule has 1 heterocycles. The Morgan fingerprint density at radius 3 is 2.60 bits per heavy atom. The quantitative estimate of drug-likeness (QED) is 0.844. The van der Waals surface area contributed by atoms with E-state index in [1.165, 1.54) is 5.01 Å². The van der Waals surface area contributed by atoms with E-state index in [1.54, 1.807) is 38.3 Å². The molecular weight excluding hydrogens is 260 g/mol. The highest BCUT2D eigenvalue weighted by Gasteiger charge is 2.40. The van der Waals surface area contributed by atoms with E-state index in [0.717, 1.165) is 0 Å². The van der Waals surface area contributed by atoms with Crippen LogP contribution in [0.2, 0.25) is 0 Å². The van der Waals surface area contributed by atoms with Crippen molar-refractivity contribution in [2.24, 2.45) is 5.92 Å². The lowest BCUT2D eigenvalue weighted by Crippen LogP contribution is -2.42. The second-order valence-electron chi connectivity index (χ2n) is 4.74. The predicted octanol–water partition coefficient (Wildman–Crippen LogP) is 0.569. The number of aliphatic hydroxyl groups is 1. The van der Waals surface area contributed by atoms with E-state index < -0.39 is 0 Å². The normalized spacial score (nSPS) is 21.8. The molecule has 1 fully saturated rings. The fraction of sp³-hybridized carbons (Fsp3) is 0.429. The molecule has 2 atom stereocenters. The maximum atomic E-state index is 12.4. The summed E-state index contributed by atoms with van der Waals surface area (Å²) in [5.41, 5.74) is 3.04. The number of carbonyl (C=O) groups is 2. The molecule has 108 valence electrons. The monoisotopic (exact) mass is 278 g/mol. The average molecular weight is 278 g/mol. The number of rotatable bonds is 4. The largest absolute Gasteiger partial charge is 0.497 e. The molecule has 2 amide bonds. The summed E-state index contributed by atoms with van der Waals surface area (Å²) in [5, 5.41) is 10.3. The molecule has 0 saturated carbocycles. The first kappa shape index (κ1) is 14.3. The number of nitrogens with one attached hydrogen (secondary N) is 1. The number of benzene rings is 1. The van der Waals surface area contributed by atoms with E-state index in [9.17, 15) is 9.59 Å². The molecule has 0 spiro atoms. The van der Waals surface area contributed by atoms with Gasteiger partial charge < -0.3 is 9.84 Å². The van der Waals surface area contributed by atoms with Gasteiger partial charge in [0.1, 0.15) is 5.75 Å². The van der Waals surface area contributed by atoms with Crippen molar-refractivity contribution in [2.75, 3.05) is 13.7 Å². The van der Waals surface area contributed by atoms with Crippen molar-refractivity contribution < 1.29 is 19.4 Å². The molecule has 20 heavy (non-hydrogen) atoms. The Morgan fingerprint density at radius 2 is 2.05 bits per heavy atom. The number of nitrogens with zero attached hydrogens (tertiary/aromatic N) is 1. The number of methoxy groups -OCH3 is 1. The van der Waals surface area contributed by atoms with Crippen molar-refractivity contribution in [1.82, 2.24) is 10.4 Å². The van der Waals surface area contributed by atoms with Crippen LogP contribution in [0.5, 0.6) is 5.75 Å². The summed E-state index contributed by atoms with van der Waals surface area (Å²) < 4.78 is 5.04. The smallest absolute Gasteiger partial charge is 0.272 e. The van der Waals surface area contributed by atoms with Crippen LogP contribution in [-0.2, 0) is 4.79 Å². The first-order valence-electron chi connectivity index (χ1n) is 6.47. The van der Waals surface area contributed by atoms with Crippen molar-refractivity contribution in [1.29, 1.82) is 0 Å². The Bertz CT molecular complexity index is 500. The van der Waals surface area contributed by atoms with Gasteiger partial charge in [0.05, 0.1) is 19.1 Å². The van der Waals surface area contributed by atoms with Gasteiger partial charge in [0.25, 0.3) is 5.91 Å². The highest BCUT2D eigenvalue weighted by molar-refractivity contribution is 5.97. The van der Waals surface area contributed by atoms with Crippen LogP contribution < -0.4 is 10.2 Å². The van der Waals surface area contributed by atoms with Gasteiger partial charge in [0.15, 0.2) is 0 Å². The Kier molecular flexibility index (Phi) is 4.24. The molecule has 2 unspecified atom stereocenters. The third-order valence-electron chi connectivity index (χ3n) is 3.55. The van der Waals surface area contributed by atoms with Crippen LogP contribution in [0.25, 0.3) is 0 Å². The number of ether oxygens (including phenoxy) is 1. The van der Waals surface area contributed by atoms with Crippen LogP contribution in [0.4, 0.5) is 0 Å². The lowest BCUT2D eigenvalue weighted by Gasteiger charge is -2.22. The minimum absolute atomic E-state index is 0.0764. The van der Waals surface area contributed by atoms with Crippen molar-refractivity contribution in [3.05, 3.63) is 29.8 Å². The first-order chi connectivity index (χ1) is 9.58.